The third kappa shape index (κ3) is 4.40. The third-order valence-corrected chi connectivity index (χ3v) is 7.03. The van der Waals surface area contributed by atoms with Gasteiger partial charge in [0, 0.05) is 15.2 Å². The van der Waals surface area contributed by atoms with Gasteiger partial charge in [-0.15, -0.1) is 11.8 Å². The predicted octanol–water partition coefficient (Wildman–Crippen LogP) is 5.61. The number of nitrogens with two attached hydrogens (primary N) is 1. The van der Waals surface area contributed by atoms with Crippen LogP contribution in [0.3, 0.4) is 0 Å². The normalized spacial score (nSPS) is 26.8. The number of thioether (sulfide) groups is 1. The first kappa shape index (κ1) is 17.2. The number of hydrogen-bond donors (Lipinski definition) is 1. The Balaban J connectivity index is 2.08. The van der Waals surface area contributed by atoms with Crippen molar-refractivity contribution in [2.24, 2.45) is 23.0 Å². The fraction of sp³-hybridized carbons (Fsp3) is 0.667. The van der Waals surface area contributed by atoms with Crippen LogP contribution in [0.4, 0.5) is 0 Å². The van der Waals surface area contributed by atoms with Gasteiger partial charge in [0.05, 0.1) is 0 Å². The van der Waals surface area contributed by atoms with Gasteiger partial charge >= 0.3 is 0 Å². The van der Waals surface area contributed by atoms with Crippen LogP contribution >= 0.6 is 23.4 Å². The Hall–Kier alpha value is -0.180. The highest BCUT2D eigenvalue weighted by Crippen LogP contribution is 2.46. The lowest BCUT2D eigenvalue weighted by Gasteiger charge is -2.42. The van der Waals surface area contributed by atoms with Crippen molar-refractivity contribution < 1.29 is 0 Å². The van der Waals surface area contributed by atoms with E-state index in [0.717, 1.165) is 17.5 Å². The molecule has 1 aliphatic rings. The Labute approximate surface area is 139 Å². The number of hydrogen-bond acceptors (Lipinski definition) is 2. The summed E-state index contributed by atoms with van der Waals surface area (Å²) in [5.41, 5.74) is 6.47. The van der Waals surface area contributed by atoms with Crippen molar-refractivity contribution in [2.75, 3.05) is 6.54 Å². The monoisotopic (exact) mass is 325 g/mol. The molecule has 1 aromatic carbocycles. The van der Waals surface area contributed by atoms with Crippen LogP contribution in [-0.2, 0) is 0 Å². The first-order chi connectivity index (χ1) is 9.96. The molecule has 2 rings (SSSR count). The summed E-state index contributed by atoms with van der Waals surface area (Å²) >= 11 is 7.98. The third-order valence-electron chi connectivity index (χ3n) is 5.35. The Morgan fingerprint density at radius 1 is 1.24 bits per heavy atom. The summed E-state index contributed by atoms with van der Waals surface area (Å²) in [5, 5.41) is 1.45. The quantitative estimate of drug-likeness (QED) is 0.761. The second kappa shape index (κ2) is 7.39. The van der Waals surface area contributed by atoms with E-state index < -0.39 is 0 Å². The van der Waals surface area contributed by atoms with Crippen LogP contribution < -0.4 is 5.73 Å². The van der Waals surface area contributed by atoms with Gasteiger partial charge in [0.1, 0.15) is 0 Å². The summed E-state index contributed by atoms with van der Waals surface area (Å²) in [4.78, 5) is 1.32. The van der Waals surface area contributed by atoms with Crippen LogP contribution in [0.5, 0.6) is 0 Å². The highest BCUT2D eigenvalue weighted by atomic mass is 35.5. The van der Waals surface area contributed by atoms with E-state index in [4.69, 9.17) is 17.3 Å². The van der Waals surface area contributed by atoms with E-state index in [1.807, 2.05) is 23.9 Å². The molecule has 0 saturated heterocycles. The van der Waals surface area contributed by atoms with E-state index in [0.29, 0.717) is 16.6 Å². The van der Waals surface area contributed by atoms with Gasteiger partial charge in [0.25, 0.3) is 0 Å². The van der Waals surface area contributed by atoms with Gasteiger partial charge in [0.2, 0.25) is 0 Å². The molecule has 0 aliphatic heterocycles. The van der Waals surface area contributed by atoms with Crippen LogP contribution in [0.2, 0.25) is 5.02 Å². The summed E-state index contributed by atoms with van der Waals surface area (Å²) in [6.07, 6.45) is 5.15. The van der Waals surface area contributed by atoms with Crippen molar-refractivity contribution in [3.05, 3.63) is 29.3 Å². The average Bonchev–Trinajstić information content (AvgIpc) is 2.49. The van der Waals surface area contributed by atoms with Crippen molar-refractivity contribution in [1.29, 1.82) is 0 Å². The van der Waals surface area contributed by atoms with E-state index in [1.165, 1.54) is 30.6 Å². The van der Waals surface area contributed by atoms with Gasteiger partial charge < -0.3 is 5.73 Å². The van der Waals surface area contributed by atoms with Crippen LogP contribution in [0.15, 0.2) is 29.2 Å². The van der Waals surface area contributed by atoms with Crippen LogP contribution in [0.1, 0.15) is 46.5 Å². The molecule has 3 unspecified atom stereocenters. The molecule has 0 heterocycles. The molecule has 1 aromatic rings. The molecule has 1 aliphatic carbocycles. The number of benzene rings is 1. The molecule has 2 N–H and O–H groups in total. The van der Waals surface area contributed by atoms with Crippen LogP contribution in [0.25, 0.3) is 0 Å². The Morgan fingerprint density at radius 2 is 1.90 bits per heavy atom. The van der Waals surface area contributed by atoms with Crippen molar-refractivity contribution in [1.82, 2.24) is 0 Å². The molecule has 3 atom stereocenters. The zero-order valence-electron chi connectivity index (χ0n) is 13.4. The molecule has 118 valence electrons. The second-order valence-corrected chi connectivity index (χ2v) is 8.71. The Bertz CT molecular complexity index is 443. The molecular formula is C18H28ClNS. The lowest BCUT2D eigenvalue weighted by Crippen LogP contribution is -2.37. The maximum Gasteiger partial charge on any atom is 0.0406 e. The van der Waals surface area contributed by atoms with E-state index in [1.54, 1.807) is 0 Å². The van der Waals surface area contributed by atoms with Crippen molar-refractivity contribution in [3.8, 4) is 0 Å². The van der Waals surface area contributed by atoms with Crippen molar-refractivity contribution in [3.63, 3.8) is 0 Å². The smallest absolute Gasteiger partial charge is 0.0406 e. The van der Waals surface area contributed by atoms with E-state index >= 15 is 0 Å². The zero-order valence-corrected chi connectivity index (χ0v) is 15.0. The molecule has 21 heavy (non-hydrogen) atoms. The average molecular weight is 326 g/mol. The highest BCUT2D eigenvalue weighted by molar-refractivity contribution is 8.00. The minimum atomic E-state index is 0.443. The summed E-state index contributed by atoms with van der Waals surface area (Å²) in [6, 6.07) is 8.24. The minimum Gasteiger partial charge on any atom is -0.330 e. The SMILES string of the molecule is CCC(C)(C)C1CCC(CN)C(Sc2ccc(Cl)cc2)C1. The standard InChI is InChI=1S/C18H28ClNS/c1-4-18(2,3)14-6-5-13(12-20)17(11-14)21-16-9-7-15(19)8-10-16/h7-10,13-14,17H,4-6,11-12,20H2,1-3H3. The molecule has 0 spiro atoms. The van der Waals surface area contributed by atoms with E-state index in [-0.39, 0.29) is 0 Å². The first-order valence-corrected chi connectivity index (χ1v) is 9.34. The molecule has 1 fully saturated rings. The van der Waals surface area contributed by atoms with Gasteiger partial charge in [-0.05, 0) is 67.3 Å². The molecule has 1 saturated carbocycles. The predicted molar refractivity (Wildman–Crippen MR) is 95.1 cm³/mol. The van der Waals surface area contributed by atoms with Crippen molar-refractivity contribution >= 4 is 23.4 Å². The van der Waals surface area contributed by atoms with Gasteiger partial charge in [-0.3, -0.25) is 0 Å². The van der Waals surface area contributed by atoms with Gasteiger partial charge in [-0.2, -0.15) is 0 Å². The second-order valence-electron chi connectivity index (χ2n) is 6.96. The zero-order chi connectivity index (χ0) is 15.5. The molecule has 0 bridgehead atoms. The maximum atomic E-state index is 6.02. The molecule has 3 heteroatoms. The van der Waals surface area contributed by atoms with Crippen LogP contribution in [0, 0.1) is 17.3 Å². The maximum absolute atomic E-state index is 6.02. The summed E-state index contributed by atoms with van der Waals surface area (Å²) in [7, 11) is 0. The minimum absolute atomic E-state index is 0.443. The van der Waals surface area contributed by atoms with E-state index in [2.05, 4.69) is 32.9 Å². The summed E-state index contributed by atoms with van der Waals surface area (Å²) in [6.45, 7) is 7.97. The summed E-state index contributed by atoms with van der Waals surface area (Å²) in [5.74, 6) is 1.46. The fourth-order valence-electron chi connectivity index (χ4n) is 3.29. The lowest BCUT2D eigenvalue weighted by molar-refractivity contribution is 0.134. The van der Waals surface area contributed by atoms with Gasteiger partial charge in [-0.25, -0.2) is 0 Å². The fourth-order valence-corrected chi connectivity index (χ4v) is 4.83. The molecule has 1 nitrogen and oxygen atoms in total. The molecule has 0 radical (unpaired) electrons. The van der Waals surface area contributed by atoms with Crippen LogP contribution in [-0.4, -0.2) is 11.8 Å². The van der Waals surface area contributed by atoms with Crippen molar-refractivity contribution in [2.45, 2.75) is 56.6 Å². The highest BCUT2D eigenvalue weighted by Gasteiger charge is 2.37. The molecule has 0 amide bonds. The lowest BCUT2D eigenvalue weighted by atomic mass is 9.67. The largest absolute Gasteiger partial charge is 0.330 e. The Morgan fingerprint density at radius 3 is 2.48 bits per heavy atom. The van der Waals surface area contributed by atoms with Gasteiger partial charge in [-0.1, -0.05) is 38.8 Å². The Kier molecular flexibility index (Phi) is 6.05. The molecular weight excluding hydrogens is 298 g/mol. The number of rotatable bonds is 5. The van der Waals surface area contributed by atoms with Gasteiger partial charge in [0.15, 0.2) is 0 Å². The molecule has 0 aromatic heterocycles. The first-order valence-electron chi connectivity index (χ1n) is 8.08. The van der Waals surface area contributed by atoms with E-state index in [9.17, 15) is 0 Å². The number of halogens is 1. The summed E-state index contributed by atoms with van der Waals surface area (Å²) < 4.78 is 0. The topological polar surface area (TPSA) is 26.0 Å².